The molecule has 0 N–H and O–H groups in total. The molecule has 0 radical (unpaired) electrons. The lowest BCUT2D eigenvalue weighted by atomic mass is 9.89. The van der Waals surface area contributed by atoms with Crippen LogP contribution in [-0.4, -0.2) is 25.6 Å². The van der Waals surface area contributed by atoms with Crippen LogP contribution < -0.4 is 0 Å². The van der Waals surface area contributed by atoms with Gasteiger partial charge in [0, 0.05) is 5.92 Å². The summed E-state index contributed by atoms with van der Waals surface area (Å²) in [5, 5.41) is 0.272. The highest BCUT2D eigenvalue weighted by Crippen LogP contribution is 2.57. The molecule has 1 heterocycles. The van der Waals surface area contributed by atoms with Gasteiger partial charge in [0.15, 0.2) is 8.32 Å². The van der Waals surface area contributed by atoms with Gasteiger partial charge in [-0.15, -0.1) is 0 Å². The summed E-state index contributed by atoms with van der Waals surface area (Å²) in [6.07, 6.45) is 3.83. The van der Waals surface area contributed by atoms with Crippen molar-refractivity contribution in [2.45, 2.75) is 96.2 Å². The van der Waals surface area contributed by atoms with Crippen molar-refractivity contribution in [3.63, 3.8) is 0 Å². The van der Waals surface area contributed by atoms with Gasteiger partial charge in [-0.2, -0.15) is 0 Å². The Hall–Kier alpha value is 0.137. The molecule has 112 valence electrons. The van der Waals surface area contributed by atoms with E-state index in [2.05, 4.69) is 54.6 Å². The number of rotatable bonds is 3. The molecule has 2 fully saturated rings. The Morgan fingerprint density at radius 1 is 1.26 bits per heavy atom. The lowest BCUT2D eigenvalue weighted by Gasteiger charge is -2.41. The van der Waals surface area contributed by atoms with Gasteiger partial charge >= 0.3 is 0 Å². The third kappa shape index (κ3) is 2.32. The van der Waals surface area contributed by atoms with Crippen molar-refractivity contribution in [1.29, 1.82) is 0 Å². The number of hydrogen-bond donors (Lipinski definition) is 0. The molecule has 19 heavy (non-hydrogen) atoms. The lowest BCUT2D eigenvalue weighted by Crippen LogP contribution is -2.49. The van der Waals surface area contributed by atoms with Crippen LogP contribution in [-0.2, 0) is 9.16 Å². The predicted molar refractivity (Wildman–Crippen MR) is 83.0 cm³/mol. The van der Waals surface area contributed by atoms with E-state index in [9.17, 15) is 0 Å². The van der Waals surface area contributed by atoms with Crippen molar-refractivity contribution in [3.8, 4) is 0 Å². The molecule has 2 bridgehead atoms. The molecule has 0 aromatic carbocycles. The van der Waals surface area contributed by atoms with Crippen LogP contribution in [0.15, 0.2) is 0 Å². The van der Waals surface area contributed by atoms with E-state index >= 15 is 0 Å². The summed E-state index contributed by atoms with van der Waals surface area (Å²) in [4.78, 5) is 0. The van der Waals surface area contributed by atoms with Crippen molar-refractivity contribution in [2.24, 2.45) is 5.92 Å². The average Bonchev–Trinajstić information content (AvgIpc) is 2.65. The van der Waals surface area contributed by atoms with Crippen LogP contribution >= 0.6 is 0 Å². The van der Waals surface area contributed by atoms with Gasteiger partial charge in [-0.1, -0.05) is 27.7 Å². The third-order valence-corrected chi connectivity index (χ3v) is 10.4. The van der Waals surface area contributed by atoms with E-state index in [0.717, 1.165) is 6.42 Å². The quantitative estimate of drug-likeness (QED) is 0.697. The zero-order valence-corrected chi connectivity index (χ0v) is 15.1. The Morgan fingerprint density at radius 3 is 2.26 bits per heavy atom. The van der Waals surface area contributed by atoms with Crippen molar-refractivity contribution in [1.82, 2.24) is 0 Å². The second-order valence-corrected chi connectivity index (χ2v) is 13.3. The first kappa shape index (κ1) is 15.5. The summed E-state index contributed by atoms with van der Waals surface area (Å²) in [5.74, 6) is 0.571. The van der Waals surface area contributed by atoms with Gasteiger partial charge in [-0.05, 0) is 51.2 Å². The monoisotopic (exact) mass is 284 g/mol. The number of ether oxygens (including phenoxy) is 1. The lowest BCUT2D eigenvalue weighted by molar-refractivity contribution is -0.131. The molecule has 2 rings (SSSR count). The number of hydrogen-bond acceptors (Lipinski definition) is 2. The normalized spacial score (nSPS) is 37.9. The molecule has 1 aliphatic carbocycles. The Bertz CT molecular complexity index is 356. The molecule has 0 aromatic rings. The smallest absolute Gasteiger partial charge is 0.192 e. The summed E-state index contributed by atoms with van der Waals surface area (Å²) in [7, 11) is -1.72. The minimum absolute atomic E-state index is 0.0102. The molecule has 2 aliphatic rings. The summed E-state index contributed by atoms with van der Waals surface area (Å²) >= 11 is 0. The van der Waals surface area contributed by atoms with Gasteiger partial charge in [0.1, 0.15) is 0 Å². The van der Waals surface area contributed by atoms with Gasteiger partial charge in [0.25, 0.3) is 0 Å². The van der Waals surface area contributed by atoms with Crippen molar-refractivity contribution < 1.29 is 9.16 Å². The van der Waals surface area contributed by atoms with Crippen LogP contribution in [0.2, 0.25) is 18.1 Å². The summed E-state index contributed by atoms with van der Waals surface area (Å²) in [5.41, 5.74) is -0.0228. The Balaban J connectivity index is 2.26. The minimum Gasteiger partial charge on any atom is -0.411 e. The maximum Gasteiger partial charge on any atom is 0.192 e. The first-order valence-corrected chi connectivity index (χ1v) is 10.7. The van der Waals surface area contributed by atoms with Gasteiger partial charge in [-0.3, -0.25) is 0 Å². The van der Waals surface area contributed by atoms with Gasteiger partial charge in [0.05, 0.1) is 17.3 Å². The molecule has 1 saturated carbocycles. The molecule has 1 aliphatic heterocycles. The largest absolute Gasteiger partial charge is 0.411 e. The molecule has 0 aromatic heterocycles. The molecule has 3 heteroatoms. The van der Waals surface area contributed by atoms with Crippen molar-refractivity contribution in [3.05, 3.63) is 0 Å². The van der Waals surface area contributed by atoms with E-state index in [4.69, 9.17) is 9.16 Å². The highest BCUT2D eigenvalue weighted by molar-refractivity contribution is 6.74. The predicted octanol–water partition coefficient (Wildman–Crippen LogP) is 4.74. The first-order valence-electron chi connectivity index (χ1n) is 7.83. The molecule has 2 nitrogen and oxygen atoms in total. The second kappa shape index (κ2) is 4.31. The van der Waals surface area contributed by atoms with E-state index in [1.54, 1.807) is 0 Å². The van der Waals surface area contributed by atoms with E-state index in [1.807, 2.05) is 0 Å². The Morgan fingerprint density at radius 2 is 1.84 bits per heavy atom. The zero-order chi connectivity index (χ0) is 14.7. The fraction of sp³-hybridized carbons (Fsp3) is 1.00. The van der Waals surface area contributed by atoms with Gasteiger partial charge in [-0.25, -0.2) is 0 Å². The van der Waals surface area contributed by atoms with Crippen molar-refractivity contribution in [2.75, 3.05) is 0 Å². The van der Waals surface area contributed by atoms with Crippen LogP contribution in [0.5, 0.6) is 0 Å². The number of fused-ring (bicyclic) bond motifs is 2. The van der Waals surface area contributed by atoms with Gasteiger partial charge < -0.3 is 9.16 Å². The maximum absolute atomic E-state index is 6.79. The SMILES string of the molecule is CC[C@]12CC[C@H]([C@H]1O[Si](C)(C)C(C)(C)C)C(C)(C)O2. The summed E-state index contributed by atoms with van der Waals surface area (Å²) < 4.78 is 13.2. The zero-order valence-electron chi connectivity index (χ0n) is 14.1. The summed E-state index contributed by atoms with van der Waals surface area (Å²) in [6.45, 7) is 18.4. The van der Waals surface area contributed by atoms with E-state index < -0.39 is 8.32 Å². The van der Waals surface area contributed by atoms with E-state index in [1.165, 1.54) is 12.8 Å². The topological polar surface area (TPSA) is 18.5 Å². The molecular weight excluding hydrogens is 252 g/mol. The second-order valence-electron chi connectivity index (χ2n) is 8.57. The summed E-state index contributed by atoms with van der Waals surface area (Å²) in [6, 6.07) is 0. The molecule has 0 amide bonds. The fourth-order valence-corrected chi connectivity index (χ4v) is 4.98. The van der Waals surface area contributed by atoms with Crippen molar-refractivity contribution >= 4 is 8.32 Å². The highest BCUT2D eigenvalue weighted by atomic mass is 28.4. The first-order chi connectivity index (χ1) is 8.45. The Kier molecular flexibility index (Phi) is 3.52. The molecule has 1 saturated heterocycles. The standard InChI is InChI=1S/C16H32O2Si/c1-9-16-11-10-12(15(5,6)18-16)13(16)17-19(7,8)14(2,3)4/h12-13H,9-11H2,1-8H3/t12-,13-,16+/m1/s1. The third-order valence-electron chi connectivity index (χ3n) is 5.95. The van der Waals surface area contributed by atoms with Crippen LogP contribution in [0, 0.1) is 5.92 Å². The Labute approximate surface area is 120 Å². The minimum atomic E-state index is -1.72. The van der Waals surface area contributed by atoms with Crippen LogP contribution in [0.4, 0.5) is 0 Å². The molecule has 3 atom stereocenters. The maximum atomic E-state index is 6.79. The molecule has 0 spiro atoms. The van der Waals surface area contributed by atoms with Crippen LogP contribution in [0.1, 0.15) is 60.8 Å². The average molecular weight is 285 g/mol. The van der Waals surface area contributed by atoms with Crippen LogP contribution in [0.25, 0.3) is 0 Å². The van der Waals surface area contributed by atoms with E-state index in [0.29, 0.717) is 12.0 Å². The van der Waals surface area contributed by atoms with E-state index in [-0.39, 0.29) is 16.2 Å². The van der Waals surface area contributed by atoms with Crippen LogP contribution in [0.3, 0.4) is 0 Å². The fourth-order valence-electron chi connectivity index (χ4n) is 3.61. The van der Waals surface area contributed by atoms with Gasteiger partial charge in [0.2, 0.25) is 0 Å². The highest BCUT2D eigenvalue weighted by Gasteiger charge is 2.64. The molecule has 0 unspecified atom stereocenters. The molecular formula is C16H32O2Si.